The zero-order chi connectivity index (χ0) is 16.4. The van der Waals surface area contributed by atoms with Crippen molar-refractivity contribution in [3.8, 4) is 0 Å². The summed E-state index contributed by atoms with van der Waals surface area (Å²) in [6.07, 6.45) is 2.15. The summed E-state index contributed by atoms with van der Waals surface area (Å²) in [6.45, 7) is 5.63. The Morgan fingerprint density at radius 2 is 2.04 bits per heavy atom. The number of hydrogen-bond donors (Lipinski definition) is 1. The van der Waals surface area contributed by atoms with Crippen LogP contribution in [0.5, 0.6) is 0 Å². The lowest BCUT2D eigenvalue weighted by molar-refractivity contribution is 0.0794. The van der Waals surface area contributed by atoms with E-state index in [9.17, 15) is 4.79 Å². The number of thiophene rings is 1. The Labute approximate surface area is 142 Å². The van der Waals surface area contributed by atoms with E-state index in [0.717, 1.165) is 17.7 Å². The standard InChI is InChI=1S/C19H24N2OS/c1-3-7-15-10-18(23-13(15)2)19(22)21-11-16(17(20)12-21)14-8-5-4-6-9-14/h4-6,8-10,16-17H,3,7,11-12,20H2,1-2H3/t16-,17+/m0/s1. The van der Waals surface area contributed by atoms with E-state index in [-0.39, 0.29) is 17.9 Å². The van der Waals surface area contributed by atoms with Crippen LogP contribution >= 0.6 is 11.3 Å². The average Bonchev–Trinajstić information content (AvgIpc) is 3.12. The molecule has 2 aromatic rings. The Kier molecular flexibility index (Phi) is 4.83. The fourth-order valence-corrected chi connectivity index (χ4v) is 4.39. The molecular formula is C19H24N2OS. The molecule has 0 aliphatic carbocycles. The number of carbonyl (C=O) groups is 1. The molecule has 2 heterocycles. The first-order chi connectivity index (χ1) is 11.1. The van der Waals surface area contributed by atoms with E-state index >= 15 is 0 Å². The molecule has 122 valence electrons. The summed E-state index contributed by atoms with van der Waals surface area (Å²) >= 11 is 1.62. The number of amides is 1. The Hall–Kier alpha value is -1.65. The van der Waals surface area contributed by atoms with Crippen LogP contribution in [0, 0.1) is 6.92 Å². The summed E-state index contributed by atoms with van der Waals surface area (Å²) < 4.78 is 0. The van der Waals surface area contributed by atoms with Crippen molar-refractivity contribution in [3.05, 3.63) is 57.3 Å². The number of nitrogens with two attached hydrogens (primary N) is 1. The molecule has 3 rings (SSSR count). The van der Waals surface area contributed by atoms with Crippen molar-refractivity contribution in [1.29, 1.82) is 0 Å². The Morgan fingerprint density at radius 3 is 2.74 bits per heavy atom. The van der Waals surface area contributed by atoms with Crippen LogP contribution in [-0.4, -0.2) is 29.9 Å². The highest BCUT2D eigenvalue weighted by Crippen LogP contribution is 2.30. The molecule has 1 aliphatic heterocycles. The molecule has 1 amide bonds. The lowest BCUT2D eigenvalue weighted by Crippen LogP contribution is -2.31. The third-order valence-electron chi connectivity index (χ3n) is 4.63. The summed E-state index contributed by atoms with van der Waals surface area (Å²) in [6, 6.07) is 12.4. The van der Waals surface area contributed by atoms with Crippen LogP contribution in [0.1, 0.15) is 44.9 Å². The number of likely N-dealkylation sites (tertiary alicyclic amines) is 1. The fraction of sp³-hybridized carbons (Fsp3) is 0.421. The molecule has 0 spiro atoms. The maximum absolute atomic E-state index is 12.8. The van der Waals surface area contributed by atoms with Crippen molar-refractivity contribution in [1.82, 2.24) is 4.90 Å². The lowest BCUT2D eigenvalue weighted by Gasteiger charge is -2.15. The molecule has 2 N–H and O–H groups in total. The topological polar surface area (TPSA) is 46.3 Å². The van der Waals surface area contributed by atoms with E-state index in [2.05, 4.69) is 32.0 Å². The molecule has 0 unspecified atom stereocenters. The van der Waals surface area contributed by atoms with Crippen LogP contribution in [0.25, 0.3) is 0 Å². The van der Waals surface area contributed by atoms with Gasteiger partial charge in [-0.15, -0.1) is 11.3 Å². The molecule has 0 saturated carbocycles. The predicted octanol–water partition coefficient (Wildman–Crippen LogP) is 3.58. The molecule has 3 nitrogen and oxygen atoms in total. The van der Waals surface area contributed by atoms with E-state index in [1.165, 1.54) is 16.0 Å². The lowest BCUT2D eigenvalue weighted by atomic mass is 9.95. The first-order valence-corrected chi connectivity index (χ1v) is 9.11. The van der Waals surface area contributed by atoms with Gasteiger partial charge in [0.25, 0.3) is 5.91 Å². The minimum atomic E-state index is 0.0116. The fourth-order valence-electron chi connectivity index (χ4n) is 3.35. The molecule has 1 aliphatic rings. The first-order valence-electron chi connectivity index (χ1n) is 8.29. The third-order valence-corrected chi connectivity index (χ3v) is 5.71. The van der Waals surface area contributed by atoms with Gasteiger partial charge in [-0.05, 0) is 30.5 Å². The van der Waals surface area contributed by atoms with Gasteiger partial charge in [-0.2, -0.15) is 0 Å². The highest BCUT2D eigenvalue weighted by atomic mass is 32.1. The van der Waals surface area contributed by atoms with Gasteiger partial charge in [0, 0.05) is 29.9 Å². The zero-order valence-electron chi connectivity index (χ0n) is 13.8. The number of carbonyl (C=O) groups excluding carboxylic acids is 1. The van der Waals surface area contributed by atoms with Gasteiger partial charge in [0.05, 0.1) is 4.88 Å². The quantitative estimate of drug-likeness (QED) is 0.932. The van der Waals surface area contributed by atoms with Crippen molar-refractivity contribution in [2.45, 2.75) is 38.6 Å². The second-order valence-electron chi connectivity index (χ2n) is 6.33. The van der Waals surface area contributed by atoms with Crippen molar-refractivity contribution >= 4 is 17.2 Å². The van der Waals surface area contributed by atoms with Crippen molar-refractivity contribution in [2.75, 3.05) is 13.1 Å². The maximum Gasteiger partial charge on any atom is 0.264 e. The smallest absolute Gasteiger partial charge is 0.264 e. The van der Waals surface area contributed by atoms with Gasteiger partial charge in [-0.3, -0.25) is 4.79 Å². The van der Waals surface area contributed by atoms with E-state index in [1.54, 1.807) is 11.3 Å². The molecular weight excluding hydrogens is 304 g/mol. The second-order valence-corrected chi connectivity index (χ2v) is 7.59. The first kappa shape index (κ1) is 16.2. The Morgan fingerprint density at radius 1 is 1.30 bits per heavy atom. The summed E-state index contributed by atoms with van der Waals surface area (Å²) in [5.41, 5.74) is 8.85. The predicted molar refractivity (Wildman–Crippen MR) is 96.1 cm³/mol. The van der Waals surface area contributed by atoms with E-state index < -0.39 is 0 Å². The number of hydrogen-bond acceptors (Lipinski definition) is 3. The van der Waals surface area contributed by atoms with E-state index in [4.69, 9.17) is 5.73 Å². The molecule has 1 aromatic heterocycles. The van der Waals surface area contributed by atoms with Crippen LogP contribution in [0.15, 0.2) is 36.4 Å². The highest BCUT2D eigenvalue weighted by Gasteiger charge is 2.34. The molecule has 4 heteroatoms. The van der Waals surface area contributed by atoms with Crippen molar-refractivity contribution < 1.29 is 4.79 Å². The number of rotatable bonds is 4. The van der Waals surface area contributed by atoms with Crippen LogP contribution in [-0.2, 0) is 6.42 Å². The number of benzene rings is 1. The van der Waals surface area contributed by atoms with E-state index in [0.29, 0.717) is 13.1 Å². The molecule has 23 heavy (non-hydrogen) atoms. The minimum absolute atomic E-state index is 0.0116. The SMILES string of the molecule is CCCc1cc(C(=O)N2C[C@@H](N)[C@H](c3ccccc3)C2)sc1C. The van der Waals surface area contributed by atoms with Gasteiger partial charge in [-0.1, -0.05) is 43.7 Å². The minimum Gasteiger partial charge on any atom is -0.336 e. The van der Waals surface area contributed by atoms with Crippen LogP contribution in [0.3, 0.4) is 0 Å². The molecule has 1 aromatic carbocycles. The van der Waals surface area contributed by atoms with Gasteiger partial charge in [-0.25, -0.2) is 0 Å². The van der Waals surface area contributed by atoms with Gasteiger partial charge >= 0.3 is 0 Å². The summed E-state index contributed by atoms with van der Waals surface area (Å²) in [4.78, 5) is 16.9. The van der Waals surface area contributed by atoms with Crippen LogP contribution in [0.4, 0.5) is 0 Å². The van der Waals surface area contributed by atoms with Gasteiger partial charge < -0.3 is 10.6 Å². The van der Waals surface area contributed by atoms with Gasteiger partial charge in [0.15, 0.2) is 0 Å². The normalized spacial score (nSPS) is 20.9. The summed E-state index contributed by atoms with van der Waals surface area (Å²) in [5.74, 6) is 0.366. The van der Waals surface area contributed by atoms with Crippen molar-refractivity contribution in [2.24, 2.45) is 5.73 Å². The molecule has 1 fully saturated rings. The molecule has 1 saturated heterocycles. The number of aryl methyl sites for hydroxylation is 2. The molecule has 2 atom stereocenters. The van der Waals surface area contributed by atoms with E-state index in [1.807, 2.05) is 23.1 Å². The third kappa shape index (κ3) is 3.33. The zero-order valence-corrected chi connectivity index (χ0v) is 14.6. The Bertz CT molecular complexity index is 680. The molecule has 0 radical (unpaired) electrons. The van der Waals surface area contributed by atoms with Gasteiger partial charge in [0.1, 0.15) is 0 Å². The monoisotopic (exact) mass is 328 g/mol. The summed E-state index contributed by atoms with van der Waals surface area (Å²) in [7, 11) is 0. The largest absolute Gasteiger partial charge is 0.336 e. The number of nitrogens with zero attached hydrogens (tertiary/aromatic N) is 1. The Balaban J connectivity index is 1.75. The molecule has 0 bridgehead atoms. The highest BCUT2D eigenvalue weighted by molar-refractivity contribution is 7.14. The van der Waals surface area contributed by atoms with Crippen molar-refractivity contribution in [3.63, 3.8) is 0 Å². The maximum atomic E-state index is 12.8. The van der Waals surface area contributed by atoms with Gasteiger partial charge in [0.2, 0.25) is 0 Å². The second kappa shape index (κ2) is 6.85. The summed E-state index contributed by atoms with van der Waals surface area (Å²) in [5, 5.41) is 0. The van der Waals surface area contributed by atoms with Crippen LogP contribution in [0.2, 0.25) is 0 Å². The van der Waals surface area contributed by atoms with Crippen LogP contribution < -0.4 is 5.73 Å². The average molecular weight is 328 g/mol.